The van der Waals surface area contributed by atoms with Crippen molar-refractivity contribution in [3.05, 3.63) is 35.4 Å². The number of piperidine rings is 1. The molecule has 100 valence electrons. The van der Waals surface area contributed by atoms with E-state index in [9.17, 15) is 4.21 Å². The number of nitrogens with zero attached hydrogens (tertiary/aromatic N) is 1. The first-order valence-corrected chi connectivity index (χ1v) is 7.76. The molecule has 1 saturated heterocycles. The standard InChI is InChI=1S/C14H21NO2S/c1-12-2-4-13(5-3-12)10-15-8-6-14(7-9-15)11-18(16)17/h2-5,14H,6-11H2,1H3,(H,16,17). The Bertz CT molecular complexity index is 397. The molecule has 0 aromatic heterocycles. The monoisotopic (exact) mass is 267 g/mol. The van der Waals surface area contributed by atoms with Crippen LogP contribution in [-0.2, 0) is 17.6 Å². The van der Waals surface area contributed by atoms with E-state index < -0.39 is 11.1 Å². The predicted molar refractivity (Wildman–Crippen MR) is 74.8 cm³/mol. The maximum absolute atomic E-state index is 10.8. The van der Waals surface area contributed by atoms with Gasteiger partial charge in [0.15, 0.2) is 11.1 Å². The number of hydrogen-bond acceptors (Lipinski definition) is 2. The summed E-state index contributed by atoms with van der Waals surface area (Å²) in [6.07, 6.45) is 2.08. The SMILES string of the molecule is Cc1ccc(CN2CCC(CS(=O)O)CC2)cc1. The van der Waals surface area contributed by atoms with Crippen LogP contribution < -0.4 is 0 Å². The molecule has 1 aliphatic rings. The summed E-state index contributed by atoms with van der Waals surface area (Å²) >= 11 is -1.63. The molecule has 1 fully saturated rings. The fraction of sp³-hybridized carbons (Fsp3) is 0.571. The molecule has 1 aromatic carbocycles. The van der Waals surface area contributed by atoms with Gasteiger partial charge in [0, 0.05) is 6.54 Å². The molecule has 0 radical (unpaired) electrons. The van der Waals surface area contributed by atoms with E-state index in [1.165, 1.54) is 11.1 Å². The number of benzene rings is 1. The summed E-state index contributed by atoms with van der Waals surface area (Å²) in [5.74, 6) is 0.864. The Morgan fingerprint density at radius 2 is 1.89 bits per heavy atom. The lowest BCUT2D eigenvalue weighted by Gasteiger charge is -2.31. The van der Waals surface area contributed by atoms with Gasteiger partial charge in [0.05, 0.1) is 5.75 Å². The van der Waals surface area contributed by atoms with Crippen LogP contribution in [0, 0.1) is 12.8 Å². The zero-order valence-electron chi connectivity index (χ0n) is 10.8. The van der Waals surface area contributed by atoms with Crippen molar-refractivity contribution in [1.29, 1.82) is 0 Å². The van der Waals surface area contributed by atoms with Crippen LogP contribution in [0.15, 0.2) is 24.3 Å². The third-order valence-corrected chi connectivity index (χ3v) is 4.37. The van der Waals surface area contributed by atoms with Crippen LogP contribution in [0.4, 0.5) is 0 Å². The van der Waals surface area contributed by atoms with Crippen LogP contribution in [0.1, 0.15) is 24.0 Å². The molecule has 18 heavy (non-hydrogen) atoms. The second kappa shape index (κ2) is 6.45. The van der Waals surface area contributed by atoms with Gasteiger partial charge in [0.1, 0.15) is 0 Å². The van der Waals surface area contributed by atoms with Crippen LogP contribution in [0.3, 0.4) is 0 Å². The summed E-state index contributed by atoms with van der Waals surface area (Å²) in [6.45, 7) is 5.17. The number of aryl methyl sites for hydroxylation is 1. The molecule has 2 rings (SSSR count). The van der Waals surface area contributed by atoms with E-state index in [0.717, 1.165) is 32.5 Å². The highest BCUT2D eigenvalue weighted by Gasteiger charge is 2.20. The Morgan fingerprint density at radius 3 is 2.44 bits per heavy atom. The van der Waals surface area contributed by atoms with Crippen molar-refractivity contribution in [2.75, 3.05) is 18.8 Å². The average Bonchev–Trinajstić information content (AvgIpc) is 2.34. The van der Waals surface area contributed by atoms with Crippen LogP contribution in [0.5, 0.6) is 0 Å². The van der Waals surface area contributed by atoms with Crippen molar-refractivity contribution in [3.8, 4) is 0 Å². The highest BCUT2D eigenvalue weighted by molar-refractivity contribution is 7.79. The minimum atomic E-state index is -1.63. The Kier molecular flexibility index (Phi) is 4.92. The second-order valence-electron chi connectivity index (χ2n) is 5.19. The molecule has 4 heteroatoms. The van der Waals surface area contributed by atoms with Crippen molar-refractivity contribution >= 4 is 11.1 Å². The fourth-order valence-corrected chi connectivity index (χ4v) is 3.20. The van der Waals surface area contributed by atoms with Crippen molar-refractivity contribution in [3.63, 3.8) is 0 Å². The fourth-order valence-electron chi connectivity index (χ4n) is 2.46. The minimum absolute atomic E-state index is 0.421. The van der Waals surface area contributed by atoms with E-state index in [4.69, 9.17) is 4.55 Å². The number of hydrogen-bond donors (Lipinski definition) is 1. The molecule has 0 aliphatic carbocycles. The highest BCUT2D eigenvalue weighted by Crippen LogP contribution is 2.19. The summed E-state index contributed by atoms with van der Waals surface area (Å²) < 4.78 is 19.7. The lowest BCUT2D eigenvalue weighted by molar-refractivity contribution is 0.186. The molecule has 1 aliphatic heterocycles. The molecule has 1 aromatic rings. The maximum atomic E-state index is 10.8. The van der Waals surface area contributed by atoms with Gasteiger partial charge in [-0.15, -0.1) is 0 Å². The molecular weight excluding hydrogens is 246 g/mol. The zero-order chi connectivity index (χ0) is 13.0. The quantitative estimate of drug-likeness (QED) is 0.852. The maximum Gasteiger partial charge on any atom is 0.153 e. The van der Waals surface area contributed by atoms with Gasteiger partial charge in [0.25, 0.3) is 0 Å². The molecule has 1 heterocycles. The van der Waals surface area contributed by atoms with Crippen molar-refractivity contribution < 1.29 is 8.76 Å². The molecular formula is C14H21NO2S. The van der Waals surface area contributed by atoms with Gasteiger partial charge in [-0.25, -0.2) is 4.21 Å². The van der Waals surface area contributed by atoms with E-state index in [1.54, 1.807) is 0 Å². The van der Waals surface area contributed by atoms with Gasteiger partial charge in [-0.2, -0.15) is 0 Å². The smallest absolute Gasteiger partial charge is 0.153 e. The van der Waals surface area contributed by atoms with E-state index in [2.05, 4.69) is 36.1 Å². The molecule has 1 atom stereocenters. The predicted octanol–water partition coefficient (Wildman–Crippen LogP) is 2.43. The van der Waals surface area contributed by atoms with Crippen molar-refractivity contribution in [1.82, 2.24) is 4.90 Å². The van der Waals surface area contributed by atoms with Crippen LogP contribution >= 0.6 is 0 Å². The van der Waals surface area contributed by atoms with Gasteiger partial charge in [-0.3, -0.25) is 4.90 Å². The van der Waals surface area contributed by atoms with Gasteiger partial charge >= 0.3 is 0 Å². The minimum Gasteiger partial charge on any atom is -0.306 e. The van der Waals surface area contributed by atoms with Crippen molar-refractivity contribution in [2.24, 2.45) is 5.92 Å². The first kappa shape index (κ1) is 13.7. The first-order valence-electron chi connectivity index (χ1n) is 6.49. The van der Waals surface area contributed by atoms with Gasteiger partial charge in [-0.1, -0.05) is 29.8 Å². The highest BCUT2D eigenvalue weighted by atomic mass is 32.2. The van der Waals surface area contributed by atoms with Gasteiger partial charge < -0.3 is 4.55 Å². The summed E-state index contributed by atoms with van der Waals surface area (Å²) in [5.41, 5.74) is 2.65. The third kappa shape index (κ3) is 4.19. The molecule has 0 amide bonds. The van der Waals surface area contributed by atoms with Gasteiger partial charge in [0.2, 0.25) is 0 Å². The van der Waals surface area contributed by atoms with E-state index in [-0.39, 0.29) is 0 Å². The van der Waals surface area contributed by atoms with E-state index in [0.29, 0.717) is 11.7 Å². The molecule has 1 N–H and O–H groups in total. The average molecular weight is 267 g/mol. The molecule has 3 nitrogen and oxygen atoms in total. The van der Waals surface area contributed by atoms with E-state index in [1.807, 2.05) is 0 Å². The van der Waals surface area contributed by atoms with Crippen LogP contribution in [0.25, 0.3) is 0 Å². The Balaban J connectivity index is 1.79. The van der Waals surface area contributed by atoms with Crippen LogP contribution in [0.2, 0.25) is 0 Å². The molecule has 0 saturated carbocycles. The Morgan fingerprint density at radius 1 is 1.28 bits per heavy atom. The Labute approximate surface area is 111 Å². The lowest BCUT2D eigenvalue weighted by atomic mass is 9.98. The van der Waals surface area contributed by atoms with Crippen LogP contribution in [-0.4, -0.2) is 32.5 Å². The molecule has 0 spiro atoms. The first-order chi connectivity index (χ1) is 8.63. The normalized spacial score (nSPS) is 19.9. The molecule has 0 bridgehead atoms. The Hall–Kier alpha value is -0.710. The number of likely N-dealkylation sites (tertiary alicyclic amines) is 1. The number of rotatable bonds is 4. The summed E-state index contributed by atoms with van der Waals surface area (Å²) in [4.78, 5) is 2.43. The third-order valence-electron chi connectivity index (χ3n) is 3.61. The largest absolute Gasteiger partial charge is 0.306 e. The summed E-state index contributed by atoms with van der Waals surface area (Å²) in [7, 11) is 0. The summed E-state index contributed by atoms with van der Waals surface area (Å²) in [5, 5.41) is 0. The van der Waals surface area contributed by atoms with E-state index >= 15 is 0 Å². The molecule has 1 unspecified atom stereocenters. The second-order valence-corrected chi connectivity index (χ2v) is 6.17. The van der Waals surface area contributed by atoms with Crippen molar-refractivity contribution in [2.45, 2.75) is 26.3 Å². The lowest BCUT2D eigenvalue weighted by Crippen LogP contribution is -2.34. The zero-order valence-corrected chi connectivity index (χ0v) is 11.7. The summed E-state index contributed by atoms with van der Waals surface area (Å²) in [6, 6.07) is 8.67. The topological polar surface area (TPSA) is 40.5 Å². The van der Waals surface area contributed by atoms with Gasteiger partial charge in [-0.05, 0) is 44.3 Å².